The number of hydrogen-bond acceptors (Lipinski definition) is 4. The summed E-state index contributed by atoms with van der Waals surface area (Å²) in [5, 5.41) is 3.04. The quantitative estimate of drug-likeness (QED) is 0.703. The first-order chi connectivity index (χ1) is 13.9. The molecule has 0 spiro atoms. The molecule has 29 heavy (non-hydrogen) atoms. The Morgan fingerprint density at radius 3 is 2.62 bits per heavy atom. The Hall–Kier alpha value is -2.86. The van der Waals surface area contributed by atoms with Gasteiger partial charge in [0.25, 0.3) is 0 Å². The second kappa shape index (κ2) is 9.09. The van der Waals surface area contributed by atoms with Crippen LogP contribution in [0, 0.1) is 20.8 Å². The molecule has 150 valence electrons. The van der Waals surface area contributed by atoms with Crippen LogP contribution in [-0.2, 0) is 9.59 Å². The SMILES string of the molecule is C=CCN1C(=O)C(CC(=O)Nc2cccc(C)c2C)SC1=Nc1ccccc1C. The van der Waals surface area contributed by atoms with Crippen molar-refractivity contribution in [2.24, 2.45) is 4.99 Å². The third kappa shape index (κ3) is 4.77. The highest BCUT2D eigenvalue weighted by molar-refractivity contribution is 8.15. The lowest BCUT2D eigenvalue weighted by molar-refractivity contribution is -0.127. The van der Waals surface area contributed by atoms with Crippen LogP contribution >= 0.6 is 11.8 Å². The molecule has 0 aromatic heterocycles. The lowest BCUT2D eigenvalue weighted by Crippen LogP contribution is -2.33. The van der Waals surface area contributed by atoms with Gasteiger partial charge in [0.1, 0.15) is 5.25 Å². The minimum atomic E-state index is -0.497. The number of anilines is 1. The van der Waals surface area contributed by atoms with Crippen LogP contribution in [0.15, 0.2) is 60.1 Å². The summed E-state index contributed by atoms with van der Waals surface area (Å²) in [7, 11) is 0. The van der Waals surface area contributed by atoms with Crippen molar-refractivity contribution in [2.45, 2.75) is 32.4 Å². The third-order valence-corrected chi connectivity index (χ3v) is 6.09. The van der Waals surface area contributed by atoms with Gasteiger partial charge in [0.2, 0.25) is 11.8 Å². The van der Waals surface area contributed by atoms with E-state index in [-0.39, 0.29) is 18.2 Å². The molecule has 1 aliphatic heterocycles. The van der Waals surface area contributed by atoms with Crippen LogP contribution in [-0.4, -0.2) is 33.7 Å². The van der Waals surface area contributed by atoms with Crippen LogP contribution in [0.25, 0.3) is 0 Å². The number of benzene rings is 2. The number of hydrogen-bond donors (Lipinski definition) is 1. The Labute approximate surface area is 175 Å². The Kier molecular flexibility index (Phi) is 6.54. The summed E-state index contributed by atoms with van der Waals surface area (Å²) in [6, 6.07) is 13.6. The maximum absolute atomic E-state index is 12.9. The van der Waals surface area contributed by atoms with Gasteiger partial charge in [0.05, 0.1) is 5.69 Å². The summed E-state index contributed by atoms with van der Waals surface area (Å²) in [5.41, 5.74) is 4.77. The predicted molar refractivity (Wildman–Crippen MR) is 121 cm³/mol. The highest BCUT2D eigenvalue weighted by atomic mass is 32.2. The average molecular weight is 408 g/mol. The molecule has 0 aliphatic carbocycles. The highest BCUT2D eigenvalue weighted by Gasteiger charge is 2.38. The number of aryl methyl sites for hydroxylation is 2. The number of amides is 2. The largest absolute Gasteiger partial charge is 0.326 e. The zero-order valence-electron chi connectivity index (χ0n) is 16.9. The molecule has 2 aromatic rings. The van der Waals surface area contributed by atoms with E-state index in [1.807, 2.05) is 63.2 Å². The second-order valence-electron chi connectivity index (χ2n) is 7.02. The molecule has 3 rings (SSSR count). The first kappa shape index (κ1) is 20.9. The molecule has 0 bridgehead atoms. The lowest BCUT2D eigenvalue weighted by atomic mass is 10.1. The number of aliphatic imine (C=N–C) groups is 1. The van der Waals surface area contributed by atoms with Crippen molar-refractivity contribution in [2.75, 3.05) is 11.9 Å². The van der Waals surface area contributed by atoms with Crippen LogP contribution in [0.5, 0.6) is 0 Å². The fourth-order valence-electron chi connectivity index (χ4n) is 3.07. The van der Waals surface area contributed by atoms with Crippen LogP contribution < -0.4 is 5.32 Å². The van der Waals surface area contributed by atoms with Crippen molar-refractivity contribution in [3.05, 3.63) is 71.8 Å². The number of nitrogens with one attached hydrogen (secondary N) is 1. The molecule has 1 atom stereocenters. The smallest absolute Gasteiger partial charge is 0.242 e. The number of para-hydroxylation sites is 1. The van der Waals surface area contributed by atoms with Gasteiger partial charge in [0, 0.05) is 18.7 Å². The van der Waals surface area contributed by atoms with E-state index in [9.17, 15) is 9.59 Å². The Morgan fingerprint density at radius 2 is 1.90 bits per heavy atom. The van der Waals surface area contributed by atoms with Crippen molar-refractivity contribution < 1.29 is 9.59 Å². The number of amidine groups is 1. The van der Waals surface area contributed by atoms with Gasteiger partial charge in [-0.05, 0) is 49.6 Å². The standard InChI is InChI=1S/C23H25N3O2S/c1-5-13-26-22(28)20(29-23(26)25-18-11-7-6-9-16(18)3)14-21(27)24-19-12-8-10-15(2)17(19)4/h5-12,20H,1,13-14H2,2-4H3,(H,24,27). The van der Waals surface area contributed by atoms with E-state index in [0.29, 0.717) is 11.7 Å². The fourth-order valence-corrected chi connectivity index (χ4v) is 4.23. The maximum atomic E-state index is 12.9. The molecule has 2 aromatic carbocycles. The summed E-state index contributed by atoms with van der Waals surface area (Å²) in [6.45, 7) is 10.1. The van der Waals surface area contributed by atoms with Crippen LogP contribution in [0.4, 0.5) is 11.4 Å². The van der Waals surface area contributed by atoms with Crippen molar-refractivity contribution in [3.63, 3.8) is 0 Å². The number of thioether (sulfide) groups is 1. The first-order valence-electron chi connectivity index (χ1n) is 9.50. The zero-order valence-corrected chi connectivity index (χ0v) is 17.8. The third-order valence-electron chi connectivity index (χ3n) is 4.91. The van der Waals surface area contributed by atoms with Crippen molar-refractivity contribution in [3.8, 4) is 0 Å². The maximum Gasteiger partial charge on any atom is 0.242 e. The molecule has 1 N–H and O–H groups in total. The number of carbonyl (C=O) groups is 2. The minimum Gasteiger partial charge on any atom is -0.326 e. The van der Waals surface area contributed by atoms with Gasteiger partial charge in [-0.2, -0.15) is 0 Å². The van der Waals surface area contributed by atoms with Crippen molar-refractivity contribution >= 4 is 40.1 Å². The summed E-state index contributed by atoms with van der Waals surface area (Å²) in [4.78, 5) is 31.8. The number of nitrogens with zero attached hydrogens (tertiary/aromatic N) is 2. The Balaban J connectivity index is 1.77. The van der Waals surface area contributed by atoms with E-state index in [2.05, 4.69) is 16.9 Å². The molecular formula is C23H25N3O2S. The summed E-state index contributed by atoms with van der Waals surface area (Å²) >= 11 is 1.33. The average Bonchev–Trinajstić information content (AvgIpc) is 2.96. The highest BCUT2D eigenvalue weighted by Crippen LogP contribution is 2.32. The fraction of sp³-hybridized carbons (Fsp3) is 0.261. The molecular weight excluding hydrogens is 382 g/mol. The Bertz CT molecular complexity index is 984. The normalized spacial score (nSPS) is 17.6. The molecule has 1 heterocycles. The van der Waals surface area contributed by atoms with Crippen molar-refractivity contribution in [1.82, 2.24) is 4.90 Å². The van der Waals surface area contributed by atoms with E-state index < -0.39 is 5.25 Å². The van der Waals surface area contributed by atoms with Gasteiger partial charge in [0.15, 0.2) is 5.17 Å². The van der Waals surface area contributed by atoms with Crippen LogP contribution in [0.3, 0.4) is 0 Å². The molecule has 6 heteroatoms. The van der Waals surface area contributed by atoms with E-state index in [0.717, 1.165) is 28.1 Å². The first-order valence-corrected chi connectivity index (χ1v) is 10.4. The summed E-state index contributed by atoms with van der Waals surface area (Å²) < 4.78 is 0. The zero-order chi connectivity index (χ0) is 21.0. The molecule has 0 saturated carbocycles. The minimum absolute atomic E-state index is 0.0946. The monoisotopic (exact) mass is 407 g/mol. The lowest BCUT2D eigenvalue weighted by Gasteiger charge is -2.14. The van der Waals surface area contributed by atoms with Gasteiger partial charge < -0.3 is 5.32 Å². The predicted octanol–water partition coefficient (Wildman–Crippen LogP) is 4.76. The topological polar surface area (TPSA) is 61.8 Å². The van der Waals surface area contributed by atoms with E-state index in [1.54, 1.807) is 11.0 Å². The molecule has 5 nitrogen and oxygen atoms in total. The van der Waals surface area contributed by atoms with Gasteiger partial charge in [-0.15, -0.1) is 6.58 Å². The summed E-state index contributed by atoms with van der Waals surface area (Å²) in [5.74, 6) is -0.293. The van der Waals surface area contributed by atoms with Gasteiger partial charge in [-0.25, -0.2) is 4.99 Å². The van der Waals surface area contributed by atoms with E-state index in [4.69, 9.17) is 0 Å². The second-order valence-corrected chi connectivity index (χ2v) is 8.19. The van der Waals surface area contributed by atoms with Gasteiger partial charge in [-0.1, -0.05) is 48.2 Å². The number of carbonyl (C=O) groups excluding carboxylic acids is 2. The van der Waals surface area contributed by atoms with E-state index in [1.165, 1.54) is 11.8 Å². The molecule has 1 saturated heterocycles. The molecule has 0 radical (unpaired) electrons. The van der Waals surface area contributed by atoms with Crippen LogP contribution in [0.2, 0.25) is 0 Å². The molecule has 2 amide bonds. The molecule has 1 aliphatic rings. The number of rotatable bonds is 6. The van der Waals surface area contributed by atoms with Crippen molar-refractivity contribution in [1.29, 1.82) is 0 Å². The van der Waals surface area contributed by atoms with Gasteiger partial charge >= 0.3 is 0 Å². The van der Waals surface area contributed by atoms with Crippen LogP contribution in [0.1, 0.15) is 23.1 Å². The Morgan fingerprint density at radius 1 is 1.17 bits per heavy atom. The molecule has 1 fully saturated rings. The summed E-state index contributed by atoms with van der Waals surface area (Å²) in [6.07, 6.45) is 1.77. The van der Waals surface area contributed by atoms with E-state index >= 15 is 0 Å². The van der Waals surface area contributed by atoms with Gasteiger partial charge in [-0.3, -0.25) is 14.5 Å². The molecule has 1 unspecified atom stereocenters.